The summed E-state index contributed by atoms with van der Waals surface area (Å²) in [5, 5.41) is 0. The van der Waals surface area contributed by atoms with Gasteiger partial charge in [0.15, 0.2) is 0 Å². The van der Waals surface area contributed by atoms with E-state index in [0.29, 0.717) is 5.41 Å². The van der Waals surface area contributed by atoms with E-state index in [1.807, 2.05) is 6.92 Å². The van der Waals surface area contributed by atoms with Crippen LogP contribution in [0.15, 0.2) is 0 Å². The summed E-state index contributed by atoms with van der Waals surface area (Å²) in [5.74, 6) is 7.04. The van der Waals surface area contributed by atoms with E-state index < -0.39 is 0 Å². The Bertz CT molecular complexity index is 178. The summed E-state index contributed by atoms with van der Waals surface area (Å²) in [6.45, 7) is 6.67. The summed E-state index contributed by atoms with van der Waals surface area (Å²) in [6.07, 6.45) is 5.28. The fourth-order valence-electron chi connectivity index (χ4n) is 2.00. The first-order valence-corrected chi connectivity index (χ1v) is 4.54. The van der Waals surface area contributed by atoms with Gasteiger partial charge < -0.3 is 0 Å². The molecule has 1 fully saturated rings. The standard InChI is InChI=1S/C11H18/c1-4-5-6-10-7-8-11(2,3)9-10/h10H,6-9H2,1-3H3. The quantitative estimate of drug-likeness (QED) is 0.503. The van der Waals surface area contributed by atoms with E-state index in [4.69, 9.17) is 0 Å². The fraction of sp³-hybridized carbons (Fsp3) is 0.818. The van der Waals surface area contributed by atoms with E-state index >= 15 is 0 Å². The highest BCUT2D eigenvalue weighted by molar-refractivity contribution is 4.98. The Kier molecular flexibility index (Phi) is 2.60. The summed E-state index contributed by atoms with van der Waals surface area (Å²) in [7, 11) is 0. The Morgan fingerprint density at radius 3 is 2.64 bits per heavy atom. The van der Waals surface area contributed by atoms with Crippen molar-refractivity contribution in [2.24, 2.45) is 11.3 Å². The number of hydrogen-bond donors (Lipinski definition) is 0. The molecule has 0 aromatic carbocycles. The molecule has 0 heteroatoms. The maximum atomic E-state index is 3.18. The smallest absolute Gasteiger partial charge is 0.0117 e. The molecule has 0 aromatic rings. The van der Waals surface area contributed by atoms with Crippen molar-refractivity contribution in [3.63, 3.8) is 0 Å². The molecule has 0 nitrogen and oxygen atoms in total. The van der Waals surface area contributed by atoms with Crippen LogP contribution in [0, 0.1) is 23.2 Å². The highest BCUT2D eigenvalue weighted by Gasteiger charge is 2.29. The van der Waals surface area contributed by atoms with Gasteiger partial charge in [0.1, 0.15) is 0 Å². The van der Waals surface area contributed by atoms with Gasteiger partial charge in [0, 0.05) is 6.42 Å². The van der Waals surface area contributed by atoms with E-state index in [1.165, 1.54) is 19.3 Å². The zero-order valence-electron chi connectivity index (χ0n) is 7.91. The third-order valence-electron chi connectivity index (χ3n) is 2.64. The van der Waals surface area contributed by atoms with Crippen LogP contribution in [0.5, 0.6) is 0 Å². The van der Waals surface area contributed by atoms with Gasteiger partial charge in [0.2, 0.25) is 0 Å². The minimum absolute atomic E-state index is 0.597. The molecular formula is C11H18. The summed E-state index contributed by atoms with van der Waals surface area (Å²) in [4.78, 5) is 0. The number of hydrogen-bond acceptors (Lipinski definition) is 0. The molecule has 0 amide bonds. The molecule has 1 atom stereocenters. The Morgan fingerprint density at radius 2 is 2.18 bits per heavy atom. The van der Waals surface area contributed by atoms with Gasteiger partial charge in [-0.15, -0.1) is 11.8 Å². The molecule has 1 rings (SSSR count). The largest absolute Gasteiger partial charge is 0.107 e. The fourth-order valence-corrected chi connectivity index (χ4v) is 2.00. The van der Waals surface area contributed by atoms with Crippen LogP contribution in [0.2, 0.25) is 0 Å². The van der Waals surface area contributed by atoms with Crippen LogP contribution in [0.4, 0.5) is 0 Å². The second-order valence-corrected chi connectivity index (χ2v) is 4.40. The van der Waals surface area contributed by atoms with E-state index in [0.717, 1.165) is 12.3 Å². The van der Waals surface area contributed by atoms with Crippen molar-refractivity contribution in [2.45, 2.75) is 46.5 Å². The molecule has 0 saturated heterocycles. The van der Waals surface area contributed by atoms with Gasteiger partial charge in [0.05, 0.1) is 0 Å². The topological polar surface area (TPSA) is 0 Å². The first-order chi connectivity index (χ1) is 5.14. The average Bonchev–Trinajstić information content (AvgIpc) is 2.26. The van der Waals surface area contributed by atoms with Crippen LogP contribution in [-0.2, 0) is 0 Å². The molecule has 0 spiro atoms. The van der Waals surface area contributed by atoms with Crippen molar-refractivity contribution in [1.29, 1.82) is 0 Å². The summed E-state index contributed by atoms with van der Waals surface area (Å²) in [6, 6.07) is 0. The Labute approximate surface area is 70.4 Å². The van der Waals surface area contributed by atoms with E-state index in [2.05, 4.69) is 25.7 Å². The summed E-state index contributed by atoms with van der Waals surface area (Å²) in [5.41, 5.74) is 0.597. The second-order valence-electron chi connectivity index (χ2n) is 4.40. The van der Waals surface area contributed by atoms with Crippen molar-refractivity contribution in [3.05, 3.63) is 0 Å². The van der Waals surface area contributed by atoms with Gasteiger partial charge in [0.25, 0.3) is 0 Å². The Morgan fingerprint density at radius 1 is 1.45 bits per heavy atom. The van der Waals surface area contributed by atoms with Crippen LogP contribution in [0.25, 0.3) is 0 Å². The van der Waals surface area contributed by atoms with Crippen molar-refractivity contribution < 1.29 is 0 Å². The van der Waals surface area contributed by atoms with Crippen molar-refractivity contribution in [3.8, 4) is 11.8 Å². The third-order valence-corrected chi connectivity index (χ3v) is 2.64. The van der Waals surface area contributed by atoms with Crippen molar-refractivity contribution in [2.75, 3.05) is 0 Å². The normalized spacial score (nSPS) is 27.7. The molecule has 11 heavy (non-hydrogen) atoms. The molecule has 0 radical (unpaired) electrons. The van der Waals surface area contributed by atoms with Gasteiger partial charge in [-0.05, 0) is 37.5 Å². The minimum Gasteiger partial charge on any atom is -0.107 e. The molecule has 0 aliphatic heterocycles. The van der Waals surface area contributed by atoms with E-state index in [-0.39, 0.29) is 0 Å². The van der Waals surface area contributed by atoms with Crippen LogP contribution in [0.1, 0.15) is 46.5 Å². The lowest BCUT2D eigenvalue weighted by atomic mass is 9.90. The molecule has 0 aromatic heterocycles. The second kappa shape index (κ2) is 3.30. The van der Waals surface area contributed by atoms with Crippen LogP contribution < -0.4 is 0 Å². The lowest BCUT2D eigenvalue weighted by molar-refractivity contribution is 0.362. The lowest BCUT2D eigenvalue weighted by Crippen LogP contribution is -2.04. The van der Waals surface area contributed by atoms with E-state index in [1.54, 1.807) is 0 Å². The van der Waals surface area contributed by atoms with Gasteiger partial charge in [-0.25, -0.2) is 0 Å². The predicted molar refractivity (Wildman–Crippen MR) is 49.2 cm³/mol. The zero-order chi connectivity index (χ0) is 8.32. The van der Waals surface area contributed by atoms with Gasteiger partial charge in [-0.3, -0.25) is 0 Å². The monoisotopic (exact) mass is 150 g/mol. The van der Waals surface area contributed by atoms with E-state index in [9.17, 15) is 0 Å². The lowest BCUT2D eigenvalue weighted by Gasteiger charge is -2.15. The molecule has 62 valence electrons. The van der Waals surface area contributed by atoms with Gasteiger partial charge in [-0.1, -0.05) is 13.8 Å². The van der Waals surface area contributed by atoms with Crippen molar-refractivity contribution in [1.82, 2.24) is 0 Å². The maximum absolute atomic E-state index is 3.18. The highest BCUT2D eigenvalue weighted by Crippen LogP contribution is 2.41. The minimum atomic E-state index is 0.597. The van der Waals surface area contributed by atoms with Gasteiger partial charge >= 0.3 is 0 Å². The molecule has 0 heterocycles. The Hall–Kier alpha value is -0.440. The third kappa shape index (κ3) is 2.58. The molecule has 0 bridgehead atoms. The first-order valence-electron chi connectivity index (χ1n) is 4.54. The first kappa shape index (κ1) is 8.65. The molecule has 1 aliphatic carbocycles. The summed E-state index contributed by atoms with van der Waals surface area (Å²) < 4.78 is 0. The van der Waals surface area contributed by atoms with Crippen LogP contribution in [0.3, 0.4) is 0 Å². The SMILES string of the molecule is CC#CCC1CCC(C)(C)C1. The Balaban J connectivity index is 2.34. The molecule has 0 N–H and O–H groups in total. The molecular weight excluding hydrogens is 132 g/mol. The van der Waals surface area contributed by atoms with Crippen LogP contribution in [-0.4, -0.2) is 0 Å². The summed E-state index contributed by atoms with van der Waals surface area (Å²) >= 11 is 0. The van der Waals surface area contributed by atoms with Crippen molar-refractivity contribution >= 4 is 0 Å². The molecule has 1 unspecified atom stereocenters. The number of rotatable bonds is 1. The molecule has 1 aliphatic rings. The maximum Gasteiger partial charge on any atom is 0.0117 e. The van der Waals surface area contributed by atoms with Gasteiger partial charge in [-0.2, -0.15) is 0 Å². The average molecular weight is 150 g/mol. The zero-order valence-corrected chi connectivity index (χ0v) is 7.91. The molecule has 1 saturated carbocycles. The highest BCUT2D eigenvalue weighted by atomic mass is 14.3. The predicted octanol–water partition coefficient (Wildman–Crippen LogP) is 3.23. The van der Waals surface area contributed by atoms with Crippen LogP contribution >= 0.6 is 0 Å².